The number of sulfonamides is 1. The molecule has 0 aliphatic carbocycles. The molecule has 0 bridgehead atoms. The van der Waals surface area contributed by atoms with Crippen LogP contribution in [0.1, 0.15) is 23.3 Å². The maximum absolute atomic E-state index is 13.3. The number of carbonyl (C=O) groups is 1. The fourth-order valence-electron chi connectivity index (χ4n) is 3.86. The molecule has 9 heteroatoms. The van der Waals surface area contributed by atoms with Crippen molar-refractivity contribution in [2.75, 3.05) is 39.3 Å². The molecule has 1 aromatic carbocycles. The molecule has 2 aliphatic heterocycles. The first-order valence-corrected chi connectivity index (χ1v) is 11.3. The monoisotopic (exact) mass is 415 g/mol. The van der Waals surface area contributed by atoms with Crippen molar-refractivity contribution < 1.29 is 13.2 Å². The third-order valence-corrected chi connectivity index (χ3v) is 7.51. The van der Waals surface area contributed by atoms with Gasteiger partial charge in [0.05, 0.1) is 10.9 Å². The molecule has 2 saturated heterocycles. The van der Waals surface area contributed by atoms with Crippen LogP contribution in [0.25, 0.3) is 0 Å². The van der Waals surface area contributed by atoms with Crippen LogP contribution >= 0.6 is 0 Å². The summed E-state index contributed by atoms with van der Waals surface area (Å²) in [4.78, 5) is 24.6. The van der Waals surface area contributed by atoms with Gasteiger partial charge in [-0.2, -0.15) is 4.31 Å². The Morgan fingerprint density at radius 3 is 2.48 bits per heavy atom. The fraction of sp³-hybridized carbons (Fsp3) is 0.450. The van der Waals surface area contributed by atoms with E-state index in [-0.39, 0.29) is 11.9 Å². The molecule has 0 spiro atoms. The molecule has 0 N–H and O–H groups in total. The Bertz CT molecular complexity index is 927. The summed E-state index contributed by atoms with van der Waals surface area (Å²) in [5, 5.41) is 0. The van der Waals surface area contributed by atoms with E-state index in [1.54, 1.807) is 45.6 Å². The molecule has 0 atom stereocenters. The lowest BCUT2D eigenvalue weighted by Crippen LogP contribution is -2.63. The van der Waals surface area contributed by atoms with Crippen molar-refractivity contribution in [3.8, 4) is 0 Å². The van der Waals surface area contributed by atoms with Crippen molar-refractivity contribution in [3.63, 3.8) is 0 Å². The number of aromatic nitrogens is 2. The van der Waals surface area contributed by atoms with Gasteiger partial charge in [-0.3, -0.25) is 4.79 Å². The minimum absolute atomic E-state index is 0.194. The number of carbonyl (C=O) groups excluding carboxylic acids is 1. The number of likely N-dealkylation sites (tertiary alicyclic amines) is 2. The van der Waals surface area contributed by atoms with E-state index < -0.39 is 10.0 Å². The standard InChI is InChI=1S/C20H25N5O3S/c26-20(19-8-9-21-16-22-19)24-14-17(15-24)25(13-12-23-10-4-5-11-23)29(27,28)18-6-2-1-3-7-18/h1-3,6-9,16-17H,4-5,10-15H2. The highest BCUT2D eigenvalue weighted by molar-refractivity contribution is 7.89. The van der Waals surface area contributed by atoms with Crippen LogP contribution in [0.2, 0.25) is 0 Å². The van der Waals surface area contributed by atoms with Crippen LogP contribution in [-0.4, -0.2) is 83.7 Å². The Morgan fingerprint density at radius 2 is 1.83 bits per heavy atom. The number of rotatable bonds is 7. The molecule has 4 rings (SSSR count). The highest BCUT2D eigenvalue weighted by Crippen LogP contribution is 2.25. The Balaban J connectivity index is 1.48. The van der Waals surface area contributed by atoms with Gasteiger partial charge in [0.1, 0.15) is 12.0 Å². The van der Waals surface area contributed by atoms with Crippen molar-refractivity contribution in [3.05, 3.63) is 54.6 Å². The number of hydrogen-bond donors (Lipinski definition) is 0. The molecule has 29 heavy (non-hydrogen) atoms. The number of nitrogens with zero attached hydrogens (tertiary/aromatic N) is 5. The molecule has 1 amide bonds. The predicted octanol–water partition coefficient (Wildman–Crippen LogP) is 1.09. The summed E-state index contributed by atoms with van der Waals surface area (Å²) in [6, 6.07) is 9.87. The van der Waals surface area contributed by atoms with Crippen LogP contribution in [0.15, 0.2) is 53.8 Å². The quantitative estimate of drug-likeness (QED) is 0.673. The van der Waals surface area contributed by atoms with Gasteiger partial charge in [0.2, 0.25) is 10.0 Å². The van der Waals surface area contributed by atoms with Crippen molar-refractivity contribution in [2.45, 2.75) is 23.8 Å². The van der Waals surface area contributed by atoms with E-state index >= 15 is 0 Å². The SMILES string of the molecule is O=C(c1ccncn1)N1CC(N(CCN2CCCC2)S(=O)(=O)c2ccccc2)C1. The van der Waals surface area contributed by atoms with E-state index in [1.807, 2.05) is 0 Å². The van der Waals surface area contributed by atoms with Gasteiger partial charge in [-0.05, 0) is 44.1 Å². The summed E-state index contributed by atoms with van der Waals surface area (Å²) in [5.41, 5.74) is 0.327. The molecular weight excluding hydrogens is 390 g/mol. The summed E-state index contributed by atoms with van der Waals surface area (Å²) >= 11 is 0. The maximum atomic E-state index is 13.3. The molecule has 0 saturated carbocycles. The van der Waals surface area contributed by atoms with Gasteiger partial charge in [0.25, 0.3) is 5.91 Å². The first kappa shape index (κ1) is 19.9. The zero-order chi connectivity index (χ0) is 20.3. The zero-order valence-corrected chi connectivity index (χ0v) is 17.0. The summed E-state index contributed by atoms with van der Waals surface area (Å²) in [6.07, 6.45) is 5.19. The van der Waals surface area contributed by atoms with Crippen LogP contribution in [0.5, 0.6) is 0 Å². The van der Waals surface area contributed by atoms with Gasteiger partial charge in [-0.1, -0.05) is 18.2 Å². The van der Waals surface area contributed by atoms with E-state index in [4.69, 9.17) is 0 Å². The summed E-state index contributed by atoms with van der Waals surface area (Å²) < 4.78 is 28.2. The molecule has 0 unspecified atom stereocenters. The second kappa shape index (κ2) is 8.56. The molecule has 2 fully saturated rings. The largest absolute Gasteiger partial charge is 0.334 e. The first-order chi connectivity index (χ1) is 14.1. The highest BCUT2D eigenvalue weighted by atomic mass is 32.2. The summed E-state index contributed by atoms with van der Waals surface area (Å²) in [6.45, 7) is 3.91. The van der Waals surface area contributed by atoms with Gasteiger partial charge in [0.15, 0.2) is 0 Å². The van der Waals surface area contributed by atoms with Gasteiger partial charge in [-0.25, -0.2) is 18.4 Å². The van der Waals surface area contributed by atoms with E-state index in [2.05, 4.69) is 14.9 Å². The Labute approximate surface area is 171 Å². The zero-order valence-electron chi connectivity index (χ0n) is 16.2. The summed E-state index contributed by atoms with van der Waals surface area (Å²) in [5.74, 6) is -0.194. The minimum atomic E-state index is -3.62. The average Bonchev–Trinajstić information content (AvgIpc) is 3.24. The van der Waals surface area contributed by atoms with Gasteiger partial charge in [0, 0.05) is 32.4 Å². The van der Waals surface area contributed by atoms with Crippen molar-refractivity contribution in [1.29, 1.82) is 0 Å². The van der Waals surface area contributed by atoms with Crippen molar-refractivity contribution >= 4 is 15.9 Å². The molecule has 0 radical (unpaired) electrons. The van der Waals surface area contributed by atoms with E-state index in [0.29, 0.717) is 36.8 Å². The van der Waals surface area contributed by atoms with Gasteiger partial charge < -0.3 is 9.80 Å². The molecule has 3 heterocycles. The molecule has 8 nitrogen and oxygen atoms in total. The summed E-state index contributed by atoms with van der Waals surface area (Å²) in [7, 11) is -3.62. The van der Waals surface area contributed by atoms with Gasteiger partial charge >= 0.3 is 0 Å². The first-order valence-electron chi connectivity index (χ1n) is 9.90. The van der Waals surface area contributed by atoms with Crippen LogP contribution in [-0.2, 0) is 10.0 Å². The van der Waals surface area contributed by atoms with Crippen LogP contribution < -0.4 is 0 Å². The maximum Gasteiger partial charge on any atom is 0.272 e. The van der Waals surface area contributed by atoms with E-state index in [1.165, 1.54) is 12.5 Å². The van der Waals surface area contributed by atoms with Crippen LogP contribution in [0.3, 0.4) is 0 Å². The van der Waals surface area contributed by atoms with E-state index in [9.17, 15) is 13.2 Å². The molecule has 2 aromatic rings. The smallest absolute Gasteiger partial charge is 0.272 e. The Morgan fingerprint density at radius 1 is 1.10 bits per heavy atom. The molecule has 1 aromatic heterocycles. The molecule has 2 aliphatic rings. The predicted molar refractivity (Wildman–Crippen MR) is 108 cm³/mol. The number of amides is 1. The van der Waals surface area contributed by atoms with Crippen molar-refractivity contribution in [2.24, 2.45) is 0 Å². The normalized spacial score (nSPS) is 18.2. The second-order valence-electron chi connectivity index (χ2n) is 7.44. The van der Waals surface area contributed by atoms with Gasteiger partial charge in [-0.15, -0.1) is 0 Å². The number of benzene rings is 1. The molecule has 154 valence electrons. The molecular formula is C20H25N5O3S. The van der Waals surface area contributed by atoms with E-state index in [0.717, 1.165) is 25.9 Å². The fourth-order valence-corrected chi connectivity index (χ4v) is 5.48. The highest BCUT2D eigenvalue weighted by Gasteiger charge is 2.41. The van der Waals surface area contributed by atoms with Crippen LogP contribution in [0.4, 0.5) is 0 Å². The average molecular weight is 416 g/mol. The lowest BCUT2D eigenvalue weighted by atomic mass is 10.1. The third-order valence-electron chi connectivity index (χ3n) is 5.54. The minimum Gasteiger partial charge on any atom is -0.334 e. The van der Waals surface area contributed by atoms with Crippen molar-refractivity contribution in [1.82, 2.24) is 24.1 Å². The van der Waals surface area contributed by atoms with Crippen LogP contribution in [0, 0.1) is 0 Å². The Kier molecular flexibility index (Phi) is 5.89. The lowest BCUT2D eigenvalue weighted by Gasteiger charge is -2.44. The Hall–Kier alpha value is -2.36. The lowest BCUT2D eigenvalue weighted by molar-refractivity contribution is 0.0436. The number of hydrogen-bond acceptors (Lipinski definition) is 6. The second-order valence-corrected chi connectivity index (χ2v) is 9.33. The topological polar surface area (TPSA) is 86.7 Å². The third kappa shape index (κ3) is 4.31.